The summed E-state index contributed by atoms with van der Waals surface area (Å²) in [6.07, 6.45) is 0.626. The van der Waals surface area contributed by atoms with Crippen LogP contribution in [0.5, 0.6) is 0 Å². The third kappa shape index (κ3) is 3.45. The van der Waals surface area contributed by atoms with Crippen molar-refractivity contribution in [2.45, 2.75) is 26.4 Å². The predicted octanol–water partition coefficient (Wildman–Crippen LogP) is 1.19. The van der Waals surface area contributed by atoms with E-state index in [1.807, 2.05) is 11.8 Å². The lowest BCUT2D eigenvalue weighted by Gasteiger charge is -2.27. The summed E-state index contributed by atoms with van der Waals surface area (Å²) in [5.74, 6) is 1.65. The second kappa shape index (κ2) is 6.18. The first kappa shape index (κ1) is 14.7. The number of ether oxygens (including phenoxy) is 1. The number of carbonyl (C=O) groups is 1. The van der Waals surface area contributed by atoms with Crippen molar-refractivity contribution >= 4 is 16.7 Å². The van der Waals surface area contributed by atoms with Crippen molar-refractivity contribution in [3.05, 3.63) is 12.2 Å². The van der Waals surface area contributed by atoms with E-state index in [4.69, 9.17) is 4.74 Å². The van der Waals surface area contributed by atoms with Crippen LogP contribution >= 0.6 is 0 Å². The van der Waals surface area contributed by atoms with Gasteiger partial charge in [-0.3, -0.25) is 9.00 Å². The number of hydrogen-bond donors (Lipinski definition) is 0. The molecule has 0 saturated carbocycles. The van der Waals surface area contributed by atoms with E-state index in [1.54, 1.807) is 0 Å². The largest absolute Gasteiger partial charge is 0.373 e. The van der Waals surface area contributed by atoms with Crippen molar-refractivity contribution in [3.63, 3.8) is 0 Å². The molecule has 4 atom stereocenters. The van der Waals surface area contributed by atoms with E-state index >= 15 is 0 Å². The lowest BCUT2D eigenvalue weighted by atomic mass is 9.95. The molecule has 5 heteroatoms. The third-order valence-corrected chi connectivity index (χ3v) is 5.38. The summed E-state index contributed by atoms with van der Waals surface area (Å²) in [4.78, 5) is 14.5. The fraction of sp³-hybridized carbons (Fsp3) is 0.786. The van der Waals surface area contributed by atoms with E-state index in [2.05, 4.69) is 13.5 Å². The minimum absolute atomic E-state index is 0.101. The standard InChI is InChI=1S/C14H23NO3S/c1-10(2)13-12(4-6-18-13)14(16)15-5-7-19(17)9-11(3)8-15/h11-13H,1,4-9H2,2-3H3/t11?,12-,13-,19?/m1/s1. The van der Waals surface area contributed by atoms with Crippen LogP contribution < -0.4 is 0 Å². The average Bonchev–Trinajstić information content (AvgIpc) is 2.76. The molecule has 2 rings (SSSR count). The molecule has 2 unspecified atom stereocenters. The van der Waals surface area contributed by atoms with Crippen molar-refractivity contribution in [3.8, 4) is 0 Å². The first-order chi connectivity index (χ1) is 8.99. The molecule has 4 nitrogen and oxygen atoms in total. The normalized spacial score (nSPS) is 36.0. The Bertz CT molecular complexity index is 396. The summed E-state index contributed by atoms with van der Waals surface area (Å²) >= 11 is 0. The summed E-state index contributed by atoms with van der Waals surface area (Å²) < 4.78 is 17.3. The molecule has 1 amide bonds. The van der Waals surface area contributed by atoms with Gasteiger partial charge in [0.1, 0.15) is 0 Å². The van der Waals surface area contributed by atoms with Gasteiger partial charge in [0.25, 0.3) is 0 Å². The van der Waals surface area contributed by atoms with E-state index < -0.39 is 10.8 Å². The summed E-state index contributed by atoms with van der Waals surface area (Å²) in [7, 11) is -0.787. The molecular formula is C14H23NO3S. The molecule has 0 aromatic heterocycles. The third-order valence-electron chi connectivity index (χ3n) is 3.80. The highest BCUT2D eigenvalue weighted by Crippen LogP contribution is 2.28. The Morgan fingerprint density at radius 1 is 1.47 bits per heavy atom. The molecule has 0 bridgehead atoms. The number of hydrogen-bond acceptors (Lipinski definition) is 3. The number of rotatable bonds is 2. The summed E-state index contributed by atoms with van der Waals surface area (Å²) in [6.45, 7) is 9.84. The maximum Gasteiger partial charge on any atom is 0.228 e. The van der Waals surface area contributed by atoms with Crippen molar-refractivity contribution < 1.29 is 13.7 Å². The Labute approximate surface area is 117 Å². The minimum atomic E-state index is -0.787. The van der Waals surface area contributed by atoms with Gasteiger partial charge in [0.05, 0.1) is 12.0 Å². The van der Waals surface area contributed by atoms with Crippen molar-refractivity contribution in [2.24, 2.45) is 11.8 Å². The van der Waals surface area contributed by atoms with Gasteiger partial charge in [-0.05, 0) is 19.3 Å². The highest BCUT2D eigenvalue weighted by atomic mass is 32.2. The highest BCUT2D eigenvalue weighted by Gasteiger charge is 2.37. The van der Waals surface area contributed by atoms with Crippen LogP contribution in [-0.2, 0) is 20.3 Å². The predicted molar refractivity (Wildman–Crippen MR) is 76.3 cm³/mol. The van der Waals surface area contributed by atoms with Crippen LogP contribution in [-0.4, -0.2) is 52.3 Å². The van der Waals surface area contributed by atoms with E-state index in [0.717, 1.165) is 12.0 Å². The van der Waals surface area contributed by atoms with Gasteiger partial charge in [-0.25, -0.2) is 0 Å². The minimum Gasteiger partial charge on any atom is -0.373 e. The lowest BCUT2D eigenvalue weighted by molar-refractivity contribution is -0.136. The van der Waals surface area contributed by atoms with E-state index in [9.17, 15) is 9.00 Å². The van der Waals surface area contributed by atoms with Crippen LogP contribution in [0.3, 0.4) is 0 Å². The fourth-order valence-corrected chi connectivity index (χ4v) is 4.23. The van der Waals surface area contributed by atoms with E-state index in [-0.39, 0.29) is 17.9 Å². The maximum absolute atomic E-state index is 12.6. The topological polar surface area (TPSA) is 46.6 Å². The van der Waals surface area contributed by atoms with Crippen LogP contribution in [0.4, 0.5) is 0 Å². The Morgan fingerprint density at radius 3 is 2.89 bits per heavy atom. The zero-order valence-electron chi connectivity index (χ0n) is 11.8. The summed E-state index contributed by atoms with van der Waals surface area (Å²) in [5, 5.41) is 0. The molecule has 2 fully saturated rings. The number of nitrogens with zero attached hydrogens (tertiary/aromatic N) is 1. The van der Waals surface area contributed by atoms with E-state index in [0.29, 0.717) is 37.1 Å². The van der Waals surface area contributed by atoms with Crippen LogP contribution in [0.15, 0.2) is 12.2 Å². The molecule has 0 aliphatic carbocycles. The average molecular weight is 285 g/mol. The highest BCUT2D eigenvalue weighted by molar-refractivity contribution is 7.85. The Hall–Kier alpha value is -0.680. The summed E-state index contributed by atoms with van der Waals surface area (Å²) in [5.41, 5.74) is 0.919. The molecule has 0 spiro atoms. The smallest absolute Gasteiger partial charge is 0.228 e. The SMILES string of the molecule is C=C(C)[C@H]1OCC[C@H]1C(=O)N1CCS(=O)CC(C)C1. The molecule has 2 aliphatic rings. The zero-order valence-corrected chi connectivity index (χ0v) is 12.6. The van der Waals surface area contributed by atoms with Crippen molar-refractivity contribution in [2.75, 3.05) is 31.2 Å². The Morgan fingerprint density at radius 2 is 2.21 bits per heavy atom. The molecule has 0 radical (unpaired) electrons. The quantitative estimate of drug-likeness (QED) is 0.716. The fourth-order valence-electron chi connectivity index (χ4n) is 2.90. The Kier molecular flexibility index (Phi) is 4.79. The molecule has 0 aromatic carbocycles. The van der Waals surface area contributed by atoms with Gasteiger partial charge in [0, 0.05) is 42.0 Å². The second-order valence-electron chi connectivity index (χ2n) is 5.73. The molecule has 0 N–H and O–H groups in total. The van der Waals surface area contributed by atoms with Gasteiger partial charge < -0.3 is 9.64 Å². The molecular weight excluding hydrogens is 262 g/mol. The molecule has 2 aliphatic heterocycles. The molecule has 2 heterocycles. The van der Waals surface area contributed by atoms with Gasteiger partial charge in [-0.2, -0.15) is 0 Å². The van der Waals surface area contributed by atoms with Gasteiger partial charge in [-0.15, -0.1) is 0 Å². The zero-order chi connectivity index (χ0) is 14.0. The van der Waals surface area contributed by atoms with Crippen molar-refractivity contribution in [1.82, 2.24) is 4.90 Å². The van der Waals surface area contributed by atoms with Gasteiger partial charge in [-0.1, -0.05) is 19.1 Å². The summed E-state index contributed by atoms with van der Waals surface area (Å²) in [6, 6.07) is 0. The first-order valence-corrected chi connectivity index (χ1v) is 8.38. The van der Waals surface area contributed by atoms with Crippen LogP contribution in [0.2, 0.25) is 0 Å². The van der Waals surface area contributed by atoms with Gasteiger partial charge in [0.15, 0.2) is 0 Å². The molecule has 19 heavy (non-hydrogen) atoms. The molecule has 0 aromatic rings. The maximum atomic E-state index is 12.6. The Balaban J connectivity index is 2.06. The lowest BCUT2D eigenvalue weighted by Crippen LogP contribution is -2.42. The van der Waals surface area contributed by atoms with Crippen LogP contribution in [0.1, 0.15) is 20.3 Å². The number of amides is 1. The number of carbonyl (C=O) groups excluding carboxylic acids is 1. The molecule has 108 valence electrons. The first-order valence-electron chi connectivity index (χ1n) is 6.89. The van der Waals surface area contributed by atoms with Crippen LogP contribution in [0, 0.1) is 11.8 Å². The second-order valence-corrected chi connectivity index (χ2v) is 7.35. The molecule has 2 saturated heterocycles. The van der Waals surface area contributed by atoms with E-state index in [1.165, 1.54) is 0 Å². The van der Waals surface area contributed by atoms with Gasteiger partial charge in [0.2, 0.25) is 5.91 Å². The van der Waals surface area contributed by atoms with Gasteiger partial charge >= 0.3 is 0 Å². The van der Waals surface area contributed by atoms with Crippen LogP contribution in [0.25, 0.3) is 0 Å². The van der Waals surface area contributed by atoms with Crippen molar-refractivity contribution in [1.29, 1.82) is 0 Å². The monoisotopic (exact) mass is 285 g/mol.